The number of nitrogens with one attached hydrogen (secondary N) is 1. The van der Waals surface area contributed by atoms with Crippen LogP contribution in [0.15, 0.2) is 22.7 Å². The van der Waals surface area contributed by atoms with Crippen LogP contribution >= 0.6 is 27.5 Å². The molecule has 6 nitrogen and oxygen atoms in total. The second kappa shape index (κ2) is 9.13. The van der Waals surface area contributed by atoms with Gasteiger partial charge in [-0.2, -0.15) is 0 Å². The third-order valence-electron chi connectivity index (χ3n) is 2.80. The van der Waals surface area contributed by atoms with E-state index in [0.717, 1.165) is 0 Å². The second-order valence-corrected chi connectivity index (χ2v) is 7.50. The monoisotopic (exact) mass is 420 g/mol. The van der Waals surface area contributed by atoms with E-state index >= 15 is 0 Å². The standard InChI is InChI=1S/C16H22BrClN2O4/c1-16(2,3)24-15(22)20-10(4-7-14(19)21)9-23-11-5-6-13(18)12(17)8-11/h5-6,8,10H,4,7,9H2,1-3H3,(H2,19,21)(H,20,22)/t10-/m0/s1. The van der Waals surface area contributed by atoms with Crippen molar-refractivity contribution >= 4 is 39.5 Å². The molecule has 0 radical (unpaired) electrons. The Morgan fingerprint density at radius 3 is 2.58 bits per heavy atom. The van der Waals surface area contributed by atoms with Gasteiger partial charge in [-0.05, 0) is 61.3 Å². The van der Waals surface area contributed by atoms with Gasteiger partial charge in [-0.25, -0.2) is 4.79 Å². The summed E-state index contributed by atoms with van der Waals surface area (Å²) in [7, 11) is 0. The highest BCUT2D eigenvalue weighted by molar-refractivity contribution is 9.10. The highest BCUT2D eigenvalue weighted by atomic mass is 79.9. The molecule has 0 saturated carbocycles. The number of carbonyl (C=O) groups is 2. The van der Waals surface area contributed by atoms with Crippen molar-refractivity contribution < 1.29 is 19.1 Å². The molecule has 0 aromatic heterocycles. The summed E-state index contributed by atoms with van der Waals surface area (Å²) < 4.78 is 11.6. The Labute approximate surface area is 155 Å². The van der Waals surface area contributed by atoms with Crippen molar-refractivity contribution in [3.05, 3.63) is 27.7 Å². The Morgan fingerprint density at radius 2 is 2.04 bits per heavy atom. The molecule has 134 valence electrons. The van der Waals surface area contributed by atoms with Gasteiger partial charge in [0.25, 0.3) is 0 Å². The lowest BCUT2D eigenvalue weighted by Crippen LogP contribution is -2.42. The lowest BCUT2D eigenvalue weighted by molar-refractivity contribution is -0.118. The van der Waals surface area contributed by atoms with E-state index in [1.165, 1.54) is 0 Å². The van der Waals surface area contributed by atoms with Crippen LogP contribution in [0.25, 0.3) is 0 Å². The Kier molecular flexibility index (Phi) is 7.83. The first-order chi connectivity index (χ1) is 11.1. The number of alkyl carbamates (subject to hydrolysis) is 1. The molecule has 0 saturated heterocycles. The van der Waals surface area contributed by atoms with Crippen LogP contribution < -0.4 is 15.8 Å². The number of rotatable bonds is 7. The molecule has 0 spiro atoms. The normalized spacial score (nSPS) is 12.4. The molecule has 1 aromatic rings. The zero-order valence-corrected chi connectivity index (χ0v) is 16.2. The summed E-state index contributed by atoms with van der Waals surface area (Å²) in [6, 6.07) is 4.72. The summed E-state index contributed by atoms with van der Waals surface area (Å²) in [5.41, 5.74) is 4.56. The minimum Gasteiger partial charge on any atom is -0.491 e. The summed E-state index contributed by atoms with van der Waals surface area (Å²) >= 11 is 9.24. The number of benzene rings is 1. The number of ether oxygens (including phenoxy) is 2. The number of hydrogen-bond donors (Lipinski definition) is 2. The van der Waals surface area contributed by atoms with Crippen LogP contribution in [0.5, 0.6) is 5.75 Å². The molecule has 2 amide bonds. The first kappa shape index (κ1) is 20.6. The summed E-state index contributed by atoms with van der Waals surface area (Å²) in [6.07, 6.45) is -0.0878. The molecule has 0 bridgehead atoms. The van der Waals surface area contributed by atoms with Gasteiger partial charge >= 0.3 is 6.09 Å². The van der Waals surface area contributed by atoms with Crippen molar-refractivity contribution in [2.24, 2.45) is 5.73 Å². The Morgan fingerprint density at radius 1 is 1.38 bits per heavy atom. The number of nitrogens with two attached hydrogens (primary N) is 1. The van der Waals surface area contributed by atoms with Crippen LogP contribution in [0.2, 0.25) is 5.02 Å². The Hall–Kier alpha value is -1.47. The lowest BCUT2D eigenvalue weighted by atomic mass is 10.1. The van der Waals surface area contributed by atoms with Crippen LogP contribution in [0.3, 0.4) is 0 Å². The summed E-state index contributed by atoms with van der Waals surface area (Å²) in [4.78, 5) is 22.9. The lowest BCUT2D eigenvalue weighted by Gasteiger charge is -2.23. The fourth-order valence-corrected chi connectivity index (χ4v) is 2.23. The zero-order chi connectivity index (χ0) is 18.3. The highest BCUT2D eigenvalue weighted by Gasteiger charge is 2.20. The van der Waals surface area contributed by atoms with E-state index in [9.17, 15) is 9.59 Å². The molecule has 0 aliphatic rings. The molecule has 0 aliphatic heterocycles. The van der Waals surface area contributed by atoms with Crippen molar-refractivity contribution in [1.29, 1.82) is 0 Å². The van der Waals surface area contributed by atoms with Crippen molar-refractivity contribution in [3.8, 4) is 5.75 Å². The zero-order valence-electron chi connectivity index (χ0n) is 13.9. The van der Waals surface area contributed by atoms with Gasteiger partial charge in [-0.15, -0.1) is 0 Å². The average molecular weight is 422 g/mol. The maximum atomic E-state index is 11.9. The number of primary amides is 1. The number of hydrogen-bond acceptors (Lipinski definition) is 4. The van der Waals surface area contributed by atoms with Gasteiger partial charge < -0.3 is 20.5 Å². The van der Waals surface area contributed by atoms with Crippen molar-refractivity contribution in [2.75, 3.05) is 6.61 Å². The minimum absolute atomic E-state index is 0.133. The fourth-order valence-electron chi connectivity index (χ4n) is 1.75. The van der Waals surface area contributed by atoms with E-state index in [1.54, 1.807) is 39.0 Å². The van der Waals surface area contributed by atoms with E-state index in [4.69, 9.17) is 26.8 Å². The van der Waals surface area contributed by atoms with Crippen LogP contribution in [0, 0.1) is 0 Å². The molecule has 0 aliphatic carbocycles. The van der Waals surface area contributed by atoms with E-state index in [1.807, 2.05) is 0 Å². The molecule has 0 heterocycles. The summed E-state index contributed by atoms with van der Waals surface area (Å²) in [5, 5.41) is 3.26. The molecule has 1 aromatic carbocycles. The van der Waals surface area contributed by atoms with E-state index in [-0.39, 0.29) is 13.0 Å². The van der Waals surface area contributed by atoms with Gasteiger partial charge in [0.05, 0.1) is 11.1 Å². The molecule has 3 N–H and O–H groups in total. The van der Waals surface area contributed by atoms with Gasteiger partial charge in [-0.3, -0.25) is 4.79 Å². The maximum absolute atomic E-state index is 11.9. The van der Waals surface area contributed by atoms with Gasteiger partial charge in [0, 0.05) is 10.9 Å². The molecular formula is C16H22BrClN2O4. The smallest absolute Gasteiger partial charge is 0.407 e. The molecule has 0 fully saturated rings. The minimum atomic E-state index is -0.611. The van der Waals surface area contributed by atoms with E-state index < -0.39 is 23.6 Å². The molecule has 1 atom stereocenters. The van der Waals surface area contributed by atoms with Crippen molar-refractivity contribution in [1.82, 2.24) is 5.32 Å². The molecule has 0 unspecified atom stereocenters. The molecule has 24 heavy (non-hydrogen) atoms. The van der Waals surface area contributed by atoms with Crippen LogP contribution in [-0.2, 0) is 9.53 Å². The maximum Gasteiger partial charge on any atom is 0.407 e. The summed E-state index contributed by atoms with van der Waals surface area (Å²) in [6.45, 7) is 5.48. The third kappa shape index (κ3) is 8.40. The largest absolute Gasteiger partial charge is 0.491 e. The predicted octanol–water partition coefficient (Wildman–Crippen LogP) is 3.64. The van der Waals surface area contributed by atoms with Crippen molar-refractivity contribution in [3.63, 3.8) is 0 Å². The second-order valence-electron chi connectivity index (χ2n) is 6.24. The van der Waals surface area contributed by atoms with Gasteiger partial charge in [-0.1, -0.05) is 11.6 Å². The Balaban J connectivity index is 2.65. The van der Waals surface area contributed by atoms with Crippen LogP contribution in [0.1, 0.15) is 33.6 Å². The third-order valence-corrected chi connectivity index (χ3v) is 4.02. The molecule has 8 heteroatoms. The van der Waals surface area contributed by atoms with Gasteiger partial charge in [0.15, 0.2) is 0 Å². The average Bonchev–Trinajstić information content (AvgIpc) is 2.43. The predicted molar refractivity (Wildman–Crippen MR) is 96.2 cm³/mol. The number of amides is 2. The van der Waals surface area contributed by atoms with E-state index in [0.29, 0.717) is 21.7 Å². The van der Waals surface area contributed by atoms with Crippen LogP contribution in [0.4, 0.5) is 4.79 Å². The first-order valence-corrected chi connectivity index (χ1v) is 8.59. The highest BCUT2D eigenvalue weighted by Crippen LogP contribution is 2.26. The first-order valence-electron chi connectivity index (χ1n) is 7.42. The van der Waals surface area contributed by atoms with E-state index in [2.05, 4.69) is 21.2 Å². The number of carbonyl (C=O) groups excluding carboxylic acids is 2. The number of halogens is 2. The molecule has 1 rings (SSSR count). The Bertz CT molecular complexity index is 590. The quantitative estimate of drug-likeness (QED) is 0.703. The topological polar surface area (TPSA) is 90.6 Å². The summed E-state index contributed by atoms with van der Waals surface area (Å²) in [5.74, 6) is 0.140. The van der Waals surface area contributed by atoms with Crippen LogP contribution in [-0.4, -0.2) is 30.3 Å². The van der Waals surface area contributed by atoms with Crippen molar-refractivity contribution in [2.45, 2.75) is 45.3 Å². The SMILES string of the molecule is CC(C)(C)OC(=O)N[C@@H](CCC(N)=O)COc1ccc(Cl)c(Br)c1. The molecular weight excluding hydrogens is 400 g/mol. The van der Waals surface area contributed by atoms with Gasteiger partial charge in [0.1, 0.15) is 18.0 Å². The fraction of sp³-hybridized carbons (Fsp3) is 0.500. The van der Waals surface area contributed by atoms with Gasteiger partial charge in [0.2, 0.25) is 5.91 Å².